The third-order valence-corrected chi connectivity index (χ3v) is 10.2. The summed E-state index contributed by atoms with van der Waals surface area (Å²) in [5, 5.41) is 8.89. The molecule has 0 saturated heterocycles. The van der Waals surface area contributed by atoms with Crippen molar-refractivity contribution in [2.45, 2.75) is 187 Å². The van der Waals surface area contributed by atoms with Gasteiger partial charge in [-0.1, -0.05) is 183 Å². The number of hydrogen-bond donors (Lipinski definition) is 3. The van der Waals surface area contributed by atoms with E-state index >= 15 is 0 Å². The van der Waals surface area contributed by atoms with Gasteiger partial charge < -0.3 is 25.2 Å². The monoisotopic (exact) mass is 850 g/mol. The van der Waals surface area contributed by atoms with Crippen LogP contribution in [0.15, 0.2) is 72.9 Å². The van der Waals surface area contributed by atoms with Crippen LogP contribution in [-0.4, -0.2) is 59.9 Å². The van der Waals surface area contributed by atoms with E-state index in [2.05, 4.69) is 79.1 Å². The molecule has 0 aromatic carbocycles. The van der Waals surface area contributed by atoms with Gasteiger partial charge in [0, 0.05) is 12.8 Å². The number of aliphatic carboxylic acids is 1. The molecule has 0 aliphatic rings. The molecule has 3 atom stereocenters. The number of phosphoric ester groups is 1. The fraction of sp³-hybridized carbons (Fsp3) is 0.681. The van der Waals surface area contributed by atoms with E-state index in [1.165, 1.54) is 77.0 Å². The van der Waals surface area contributed by atoms with Gasteiger partial charge in [0.1, 0.15) is 12.6 Å². The lowest BCUT2D eigenvalue weighted by molar-refractivity contribution is -0.161. The predicted molar refractivity (Wildman–Crippen MR) is 240 cm³/mol. The van der Waals surface area contributed by atoms with E-state index in [0.717, 1.165) is 57.8 Å². The van der Waals surface area contributed by atoms with Crippen molar-refractivity contribution in [3.05, 3.63) is 72.9 Å². The molecule has 0 aliphatic heterocycles. The second kappa shape index (κ2) is 41.6. The van der Waals surface area contributed by atoms with E-state index in [9.17, 15) is 23.8 Å². The Balaban J connectivity index is 4.46. The summed E-state index contributed by atoms with van der Waals surface area (Å²) in [5.41, 5.74) is 5.33. The Morgan fingerprint density at radius 3 is 1.39 bits per heavy atom. The molecular formula is C47H80NO10P. The minimum Gasteiger partial charge on any atom is -0.480 e. The SMILES string of the molecule is CC/C=C\C/C=C\C/C=C\C/C=C\C/C=C\C/C=C\CCC(=O)OC[C@H](COP(=O)(O)OC[C@H](N)C(=O)O)OC(=O)CCCCCCCCCCCCCCCCCC. The molecule has 0 radical (unpaired) electrons. The van der Waals surface area contributed by atoms with Crippen LogP contribution in [0.4, 0.5) is 0 Å². The number of hydrogen-bond acceptors (Lipinski definition) is 9. The average molecular weight is 850 g/mol. The zero-order chi connectivity index (χ0) is 43.5. The van der Waals surface area contributed by atoms with Gasteiger partial charge in [-0.2, -0.15) is 0 Å². The maximum Gasteiger partial charge on any atom is 0.472 e. The molecule has 0 fully saturated rings. The van der Waals surface area contributed by atoms with E-state index in [1.54, 1.807) is 0 Å². The summed E-state index contributed by atoms with van der Waals surface area (Å²) in [6, 6.07) is -1.53. The predicted octanol–water partition coefficient (Wildman–Crippen LogP) is 12.1. The molecule has 0 aromatic heterocycles. The summed E-state index contributed by atoms with van der Waals surface area (Å²) in [6.45, 7) is 2.62. The summed E-state index contributed by atoms with van der Waals surface area (Å²) < 4.78 is 32.6. The fourth-order valence-electron chi connectivity index (χ4n) is 5.74. The number of carbonyl (C=O) groups excluding carboxylic acids is 2. The molecule has 0 aromatic rings. The summed E-state index contributed by atoms with van der Waals surface area (Å²) >= 11 is 0. The molecule has 0 bridgehead atoms. The van der Waals surface area contributed by atoms with Gasteiger partial charge in [-0.3, -0.25) is 23.4 Å². The number of unbranched alkanes of at least 4 members (excludes halogenated alkanes) is 15. The highest BCUT2D eigenvalue weighted by atomic mass is 31.2. The van der Waals surface area contributed by atoms with Crippen molar-refractivity contribution < 1.29 is 47.5 Å². The second-order valence-electron chi connectivity index (χ2n) is 14.8. The van der Waals surface area contributed by atoms with Crippen LogP contribution in [0, 0.1) is 0 Å². The Bertz CT molecular complexity index is 1280. The average Bonchev–Trinajstić information content (AvgIpc) is 3.21. The summed E-state index contributed by atoms with van der Waals surface area (Å²) in [5.74, 6) is -2.49. The van der Waals surface area contributed by atoms with Crippen LogP contribution in [-0.2, 0) is 37.5 Å². The summed E-state index contributed by atoms with van der Waals surface area (Å²) in [4.78, 5) is 46.0. The first-order valence-corrected chi connectivity index (χ1v) is 24.0. The van der Waals surface area contributed by atoms with Crippen LogP contribution in [0.2, 0.25) is 0 Å². The van der Waals surface area contributed by atoms with Crippen LogP contribution in [0.5, 0.6) is 0 Å². The molecule has 0 aliphatic carbocycles. The normalized spacial score (nSPS) is 14.4. The van der Waals surface area contributed by atoms with Crippen LogP contribution in [0.25, 0.3) is 0 Å². The van der Waals surface area contributed by atoms with E-state index in [-0.39, 0.29) is 19.4 Å². The van der Waals surface area contributed by atoms with Gasteiger partial charge in [-0.25, -0.2) is 4.57 Å². The van der Waals surface area contributed by atoms with Crippen LogP contribution in [0.3, 0.4) is 0 Å². The van der Waals surface area contributed by atoms with Crippen molar-refractivity contribution in [3.8, 4) is 0 Å². The van der Waals surface area contributed by atoms with Crippen molar-refractivity contribution >= 4 is 25.7 Å². The third-order valence-electron chi connectivity index (χ3n) is 9.23. The number of esters is 2. The summed E-state index contributed by atoms with van der Waals surface area (Å²) in [6.07, 6.45) is 49.8. The van der Waals surface area contributed by atoms with Crippen LogP contribution in [0.1, 0.15) is 174 Å². The highest BCUT2D eigenvalue weighted by Gasteiger charge is 2.28. The first kappa shape index (κ1) is 55.9. The Kier molecular flexibility index (Phi) is 39.5. The lowest BCUT2D eigenvalue weighted by Gasteiger charge is -2.20. The highest BCUT2D eigenvalue weighted by molar-refractivity contribution is 7.47. The first-order chi connectivity index (χ1) is 28.6. The lowest BCUT2D eigenvalue weighted by Crippen LogP contribution is -2.34. The minimum atomic E-state index is -4.74. The third kappa shape index (κ3) is 41.4. The number of rotatable bonds is 41. The molecule has 338 valence electrons. The Morgan fingerprint density at radius 2 is 0.949 bits per heavy atom. The topological polar surface area (TPSA) is 172 Å². The van der Waals surface area contributed by atoms with Gasteiger partial charge >= 0.3 is 25.7 Å². The van der Waals surface area contributed by atoms with Gasteiger partial charge in [0.15, 0.2) is 6.10 Å². The number of carboxylic acids is 1. The van der Waals surface area contributed by atoms with Crippen LogP contribution < -0.4 is 5.73 Å². The molecule has 12 heteroatoms. The van der Waals surface area contributed by atoms with Gasteiger partial charge in [-0.05, 0) is 51.4 Å². The van der Waals surface area contributed by atoms with Gasteiger partial charge in [0.05, 0.1) is 13.2 Å². The molecule has 0 amide bonds. The zero-order valence-corrected chi connectivity index (χ0v) is 37.5. The highest BCUT2D eigenvalue weighted by Crippen LogP contribution is 2.43. The number of nitrogens with two attached hydrogens (primary N) is 1. The molecule has 59 heavy (non-hydrogen) atoms. The Morgan fingerprint density at radius 1 is 0.542 bits per heavy atom. The molecule has 0 saturated carbocycles. The largest absolute Gasteiger partial charge is 0.480 e. The lowest BCUT2D eigenvalue weighted by atomic mass is 10.0. The first-order valence-electron chi connectivity index (χ1n) is 22.5. The van der Waals surface area contributed by atoms with Crippen molar-refractivity contribution in [3.63, 3.8) is 0 Å². The quantitative estimate of drug-likeness (QED) is 0.0231. The second-order valence-corrected chi connectivity index (χ2v) is 16.3. The van der Waals surface area contributed by atoms with Crippen molar-refractivity contribution in [2.75, 3.05) is 19.8 Å². The van der Waals surface area contributed by atoms with Crippen molar-refractivity contribution in [1.82, 2.24) is 0 Å². The van der Waals surface area contributed by atoms with Crippen LogP contribution >= 0.6 is 7.82 Å². The Labute approximate surface area is 357 Å². The molecule has 0 spiro atoms. The molecular weight excluding hydrogens is 769 g/mol. The minimum absolute atomic E-state index is 0.0948. The van der Waals surface area contributed by atoms with Crippen molar-refractivity contribution in [2.24, 2.45) is 5.73 Å². The molecule has 4 N–H and O–H groups in total. The van der Waals surface area contributed by atoms with E-state index in [1.807, 2.05) is 12.2 Å². The smallest absolute Gasteiger partial charge is 0.472 e. The van der Waals surface area contributed by atoms with E-state index in [0.29, 0.717) is 12.8 Å². The van der Waals surface area contributed by atoms with E-state index < -0.39 is 51.1 Å². The Hall–Kier alpha value is -3.08. The van der Waals surface area contributed by atoms with Gasteiger partial charge in [-0.15, -0.1) is 0 Å². The summed E-state index contributed by atoms with van der Waals surface area (Å²) in [7, 11) is -4.74. The molecule has 0 rings (SSSR count). The van der Waals surface area contributed by atoms with Gasteiger partial charge in [0.25, 0.3) is 0 Å². The van der Waals surface area contributed by atoms with Gasteiger partial charge in [0.2, 0.25) is 0 Å². The number of allylic oxidation sites excluding steroid dienone is 12. The van der Waals surface area contributed by atoms with E-state index in [4.69, 9.17) is 24.8 Å². The number of carbonyl (C=O) groups is 3. The molecule has 1 unspecified atom stereocenters. The number of phosphoric acid groups is 1. The number of carboxylic acid groups (broad SMARTS) is 1. The molecule has 11 nitrogen and oxygen atoms in total. The standard InChI is InChI=1S/C47H80NO10P/c1-3-5-7-9-11-13-15-17-19-21-22-23-25-26-28-30-32-34-36-38-45(49)55-40-43(41-56-59(53,54)57-42-44(48)47(51)52)58-46(50)39-37-35-33-31-29-27-24-20-18-16-14-12-10-8-6-4-2/h5,7,11,13,17,19,22-23,26,28,32,34,43-44H,3-4,6,8-10,12,14-16,18,20-21,24-25,27,29-31,33,35-42,48H2,1-2H3,(H,51,52)(H,53,54)/b7-5-,13-11-,19-17-,23-22-,28-26-,34-32-/t43-,44+/m1/s1. The number of ether oxygens (including phenoxy) is 2. The maximum absolute atomic E-state index is 12.6. The van der Waals surface area contributed by atoms with Crippen molar-refractivity contribution in [1.29, 1.82) is 0 Å². The fourth-order valence-corrected chi connectivity index (χ4v) is 6.52. The molecule has 0 heterocycles. The zero-order valence-electron chi connectivity index (χ0n) is 36.6. The maximum atomic E-state index is 12.6.